The number of carbonyl (C=O) groups excluding carboxylic acids is 1. The summed E-state index contributed by atoms with van der Waals surface area (Å²) < 4.78 is 1.74. The van der Waals surface area contributed by atoms with Crippen LogP contribution >= 0.6 is 0 Å². The molecular weight excluding hydrogens is 290 g/mol. The minimum atomic E-state index is -0.194. The summed E-state index contributed by atoms with van der Waals surface area (Å²) in [5.74, 6) is 0.324. The first-order valence-corrected chi connectivity index (χ1v) is 7.78. The maximum atomic E-state index is 12.5. The van der Waals surface area contributed by atoms with Crippen LogP contribution in [0.5, 0.6) is 0 Å². The van der Waals surface area contributed by atoms with E-state index in [1.54, 1.807) is 35.3 Å². The van der Waals surface area contributed by atoms with E-state index >= 15 is 0 Å². The summed E-state index contributed by atoms with van der Waals surface area (Å²) in [4.78, 5) is 25.1. The monoisotopic (exact) mass is 309 g/mol. The summed E-state index contributed by atoms with van der Waals surface area (Å²) in [5, 5.41) is 3.06. The lowest BCUT2D eigenvalue weighted by atomic mass is 10.0. The Bertz CT molecular complexity index is 751. The van der Waals surface area contributed by atoms with E-state index in [9.17, 15) is 4.79 Å². The Morgan fingerprint density at radius 1 is 1.35 bits per heavy atom. The second kappa shape index (κ2) is 7.00. The molecule has 3 heterocycles. The first kappa shape index (κ1) is 15.1. The Hall–Kier alpha value is -2.76. The Labute approximate surface area is 134 Å². The van der Waals surface area contributed by atoms with E-state index in [1.807, 2.05) is 18.3 Å². The van der Waals surface area contributed by atoms with Crippen LogP contribution < -0.4 is 5.32 Å². The van der Waals surface area contributed by atoms with Gasteiger partial charge in [0.1, 0.15) is 5.69 Å². The highest BCUT2D eigenvalue weighted by atomic mass is 16.2. The van der Waals surface area contributed by atoms with E-state index < -0.39 is 0 Å². The molecule has 23 heavy (non-hydrogen) atoms. The predicted octanol–water partition coefficient (Wildman–Crippen LogP) is 2.79. The van der Waals surface area contributed by atoms with Crippen LogP contribution in [0.3, 0.4) is 0 Å². The molecule has 0 aliphatic rings. The van der Waals surface area contributed by atoms with E-state index in [0.29, 0.717) is 11.5 Å². The number of carbonyl (C=O) groups is 1. The van der Waals surface area contributed by atoms with Crippen molar-refractivity contribution in [1.29, 1.82) is 0 Å². The molecular formula is C17H19N5O. The molecule has 6 heteroatoms. The molecule has 3 aromatic heterocycles. The van der Waals surface area contributed by atoms with Crippen LogP contribution in [0, 0.1) is 0 Å². The van der Waals surface area contributed by atoms with Gasteiger partial charge in [-0.15, -0.1) is 0 Å². The second-order valence-corrected chi connectivity index (χ2v) is 5.41. The molecule has 1 amide bonds. The SMILES string of the molecule is CCCCC(NC(=O)c1cn2cccnc2n1)c1cccnc1. The second-order valence-electron chi connectivity index (χ2n) is 5.41. The van der Waals surface area contributed by atoms with Gasteiger partial charge in [-0.25, -0.2) is 9.97 Å². The zero-order valence-corrected chi connectivity index (χ0v) is 13.0. The summed E-state index contributed by atoms with van der Waals surface area (Å²) >= 11 is 0. The number of hydrogen-bond donors (Lipinski definition) is 1. The average Bonchev–Trinajstić information content (AvgIpc) is 3.03. The fraction of sp³-hybridized carbons (Fsp3) is 0.294. The van der Waals surface area contributed by atoms with Crippen molar-refractivity contribution >= 4 is 11.7 Å². The van der Waals surface area contributed by atoms with Gasteiger partial charge in [0, 0.05) is 31.0 Å². The third kappa shape index (κ3) is 3.53. The van der Waals surface area contributed by atoms with Crippen molar-refractivity contribution in [3.63, 3.8) is 0 Å². The lowest BCUT2D eigenvalue weighted by Crippen LogP contribution is -2.29. The molecule has 0 fully saturated rings. The van der Waals surface area contributed by atoms with Crippen LogP contribution in [0.1, 0.15) is 48.3 Å². The first-order chi connectivity index (χ1) is 11.3. The van der Waals surface area contributed by atoms with Crippen LogP contribution in [-0.4, -0.2) is 25.3 Å². The Morgan fingerprint density at radius 3 is 3.00 bits per heavy atom. The molecule has 0 saturated heterocycles. The number of imidazole rings is 1. The number of pyridine rings is 1. The molecule has 0 bridgehead atoms. The van der Waals surface area contributed by atoms with E-state index in [0.717, 1.165) is 24.8 Å². The number of nitrogens with zero attached hydrogens (tertiary/aromatic N) is 4. The standard InChI is InChI=1S/C17H19N5O/c1-2-3-7-14(13-6-4-8-18-11-13)20-16(23)15-12-22-10-5-9-19-17(22)21-15/h4-6,8-12,14H,2-3,7H2,1H3,(H,20,23). The van der Waals surface area contributed by atoms with Crippen LogP contribution in [0.4, 0.5) is 0 Å². The van der Waals surface area contributed by atoms with Gasteiger partial charge < -0.3 is 5.32 Å². The smallest absolute Gasteiger partial charge is 0.272 e. The van der Waals surface area contributed by atoms with Crippen molar-refractivity contribution < 1.29 is 4.79 Å². The number of nitrogens with one attached hydrogen (secondary N) is 1. The Kier molecular flexibility index (Phi) is 4.61. The molecule has 0 saturated carbocycles. The minimum Gasteiger partial charge on any atom is -0.344 e. The molecule has 0 aromatic carbocycles. The van der Waals surface area contributed by atoms with Crippen LogP contribution in [0.15, 0.2) is 49.2 Å². The van der Waals surface area contributed by atoms with Crippen molar-refractivity contribution in [3.05, 3.63) is 60.4 Å². The van der Waals surface area contributed by atoms with Crippen molar-refractivity contribution in [3.8, 4) is 0 Å². The molecule has 0 aliphatic carbocycles. The number of unbranched alkanes of at least 4 members (excludes halogenated alkanes) is 1. The molecule has 118 valence electrons. The van der Waals surface area contributed by atoms with Gasteiger partial charge in [0.25, 0.3) is 5.91 Å². The summed E-state index contributed by atoms with van der Waals surface area (Å²) in [6, 6.07) is 5.61. The lowest BCUT2D eigenvalue weighted by Gasteiger charge is -2.18. The fourth-order valence-electron chi connectivity index (χ4n) is 2.48. The lowest BCUT2D eigenvalue weighted by molar-refractivity contribution is 0.0929. The summed E-state index contributed by atoms with van der Waals surface area (Å²) in [5.41, 5.74) is 1.38. The van der Waals surface area contributed by atoms with E-state index in [4.69, 9.17) is 0 Å². The largest absolute Gasteiger partial charge is 0.344 e. The predicted molar refractivity (Wildman–Crippen MR) is 87.0 cm³/mol. The van der Waals surface area contributed by atoms with Crippen molar-refractivity contribution in [2.75, 3.05) is 0 Å². The van der Waals surface area contributed by atoms with E-state index in [-0.39, 0.29) is 11.9 Å². The molecule has 1 unspecified atom stereocenters. The molecule has 3 rings (SSSR count). The van der Waals surface area contributed by atoms with E-state index in [2.05, 4.69) is 27.2 Å². The van der Waals surface area contributed by atoms with Gasteiger partial charge >= 0.3 is 0 Å². The van der Waals surface area contributed by atoms with E-state index in [1.165, 1.54) is 0 Å². The molecule has 1 atom stereocenters. The molecule has 1 N–H and O–H groups in total. The average molecular weight is 309 g/mol. The molecule has 0 spiro atoms. The third-order valence-electron chi connectivity index (χ3n) is 3.71. The van der Waals surface area contributed by atoms with Gasteiger partial charge in [0.2, 0.25) is 5.78 Å². The van der Waals surface area contributed by atoms with Gasteiger partial charge in [-0.3, -0.25) is 14.2 Å². The summed E-state index contributed by atoms with van der Waals surface area (Å²) in [6.45, 7) is 2.13. The topological polar surface area (TPSA) is 72.2 Å². The Morgan fingerprint density at radius 2 is 2.26 bits per heavy atom. The fourth-order valence-corrected chi connectivity index (χ4v) is 2.48. The Balaban J connectivity index is 1.79. The zero-order chi connectivity index (χ0) is 16.1. The van der Waals surface area contributed by atoms with Crippen LogP contribution in [-0.2, 0) is 0 Å². The summed E-state index contributed by atoms with van der Waals surface area (Å²) in [6.07, 6.45) is 11.7. The van der Waals surface area contributed by atoms with Gasteiger partial charge in [-0.1, -0.05) is 25.8 Å². The molecule has 6 nitrogen and oxygen atoms in total. The number of amides is 1. The third-order valence-corrected chi connectivity index (χ3v) is 3.71. The number of hydrogen-bond acceptors (Lipinski definition) is 4. The molecule has 0 aliphatic heterocycles. The maximum Gasteiger partial charge on any atom is 0.272 e. The van der Waals surface area contributed by atoms with Crippen molar-refractivity contribution in [1.82, 2.24) is 24.7 Å². The summed E-state index contributed by atoms with van der Waals surface area (Å²) in [7, 11) is 0. The highest BCUT2D eigenvalue weighted by Crippen LogP contribution is 2.19. The van der Waals surface area contributed by atoms with Crippen LogP contribution in [0.2, 0.25) is 0 Å². The minimum absolute atomic E-state index is 0.0612. The quantitative estimate of drug-likeness (QED) is 0.760. The van der Waals surface area contributed by atoms with Crippen molar-refractivity contribution in [2.45, 2.75) is 32.2 Å². The number of aromatic nitrogens is 4. The van der Waals surface area contributed by atoms with Crippen molar-refractivity contribution in [2.24, 2.45) is 0 Å². The van der Waals surface area contributed by atoms with Gasteiger partial charge in [0.05, 0.1) is 6.04 Å². The molecule has 3 aromatic rings. The number of fused-ring (bicyclic) bond motifs is 1. The highest BCUT2D eigenvalue weighted by molar-refractivity contribution is 5.93. The van der Waals surface area contributed by atoms with Gasteiger partial charge in [-0.05, 0) is 24.1 Å². The maximum absolute atomic E-state index is 12.5. The normalized spacial score (nSPS) is 12.2. The zero-order valence-electron chi connectivity index (χ0n) is 13.0. The number of rotatable bonds is 6. The van der Waals surface area contributed by atoms with Crippen LogP contribution in [0.25, 0.3) is 5.78 Å². The van der Waals surface area contributed by atoms with Gasteiger partial charge in [-0.2, -0.15) is 0 Å². The molecule has 0 radical (unpaired) electrons. The first-order valence-electron chi connectivity index (χ1n) is 7.78. The van der Waals surface area contributed by atoms with Gasteiger partial charge in [0.15, 0.2) is 0 Å². The highest BCUT2D eigenvalue weighted by Gasteiger charge is 2.18.